The normalized spacial score (nSPS) is 12.7. The van der Waals surface area contributed by atoms with Gasteiger partial charge < -0.3 is 10.3 Å². The van der Waals surface area contributed by atoms with Gasteiger partial charge >= 0.3 is 0 Å². The van der Waals surface area contributed by atoms with Gasteiger partial charge in [0.25, 0.3) is 5.89 Å². The highest BCUT2D eigenvalue weighted by molar-refractivity contribution is 9.11. The molecular weight excluding hydrogens is 350 g/mol. The third-order valence-electron chi connectivity index (χ3n) is 2.13. The van der Waals surface area contributed by atoms with Crippen molar-refractivity contribution in [3.8, 4) is 11.5 Å². The minimum absolute atomic E-state index is 0.0220. The zero-order valence-electron chi connectivity index (χ0n) is 9.15. The summed E-state index contributed by atoms with van der Waals surface area (Å²) in [6.07, 6.45) is 0.609. The Hall–Kier alpha value is -0.720. The fourth-order valence-corrected chi connectivity index (χ4v) is 2.61. The second kappa shape index (κ2) is 5.29. The summed E-state index contributed by atoms with van der Waals surface area (Å²) >= 11 is 6.86. The van der Waals surface area contributed by atoms with Gasteiger partial charge in [-0.3, -0.25) is 0 Å². The van der Waals surface area contributed by atoms with Gasteiger partial charge in [-0.15, -0.1) is 0 Å². The van der Waals surface area contributed by atoms with E-state index in [0.717, 1.165) is 14.5 Å². The highest BCUT2D eigenvalue weighted by atomic mass is 79.9. The number of nitrogens with two attached hydrogens (primary N) is 1. The van der Waals surface area contributed by atoms with Crippen LogP contribution in [0.1, 0.15) is 12.7 Å². The quantitative estimate of drug-likeness (QED) is 0.913. The molecule has 0 fully saturated rings. The zero-order chi connectivity index (χ0) is 12.4. The molecule has 1 heterocycles. The molecule has 0 bridgehead atoms. The van der Waals surface area contributed by atoms with Crippen molar-refractivity contribution >= 4 is 31.9 Å². The molecule has 6 heteroatoms. The van der Waals surface area contributed by atoms with Crippen LogP contribution in [0, 0.1) is 0 Å². The molecule has 2 N–H and O–H groups in total. The number of benzene rings is 1. The maximum Gasteiger partial charge on any atom is 0.259 e. The van der Waals surface area contributed by atoms with E-state index >= 15 is 0 Å². The Balaban J connectivity index is 2.30. The fourth-order valence-electron chi connectivity index (χ4n) is 1.40. The average Bonchev–Trinajstić information content (AvgIpc) is 2.65. The lowest BCUT2D eigenvalue weighted by Crippen LogP contribution is -2.18. The van der Waals surface area contributed by atoms with Crippen molar-refractivity contribution in [2.45, 2.75) is 19.4 Å². The third-order valence-corrected chi connectivity index (χ3v) is 3.28. The lowest BCUT2D eigenvalue weighted by atomic mass is 10.2. The van der Waals surface area contributed by atoms with Crippen molar-refractivity contribution in [2.24, 2.45) is 5.73 Å². The Bertz CT molecular complexity index is 525. The molecule has 0 aliphatic carbocycles. The first-order chi connectivity index (χ1) is 8.06. The summed E-state index contributed by atoms with van der Waals surface area (Å²) in [6.45, 7) is 1.91. The van der Waals surface area contributed by atoms with Crippen LogP contribution in [0.25, 0.3) is 11.5 Å². The van der Waals surface area contributed by atoms with Crippen molar-refractivity contribution in [3.63, 3.8) is 0 Å². The summed E-state index contributed by atoms with van der Waals surface area (Å²) in [5.74, 6) is 1.13. The molecule has 0 amide bonds. The first-order valence-corrected chi connectivity index (χ1v) is 6.68. The predicted molar refractivity (Wildman–Crippen MR) is 72.5 cm³/mol. The van der Waals surface area contributed by atoms with Crippen molar-refractivity contribution < 1.29 is 4.52 Å². The summed E-state index contributed by atoms with van der Waals surface area (Å²) < 4.78 is 7.11. The van der Waals surface area contributed by atoms with Crippen LogP contribution in [-0.4, -0.2) is 16.2 Å². The second-order valence-electron chi connectivity index (χ2n) is 3.82. The lowest BCUT2D eigenvalue weighted by molar-refractivity contribution is 0.420. The van der Waals surface area contributed by atoms with Crippen LogP contribution in [0.15, 0.2) is 31.7 Å². The van der Waals surface area contributed by atoms with Crippen LogP contribution in [0.4, 0.5) is 0 Å². The molecule has 2 aromatic rings. The molecule has 0 spiro atoms. The van der Waals surface area contributed by atoms with E-state index in [9.17, 15) is 0 Å². The molecule has 4 nitrogen and oxygen atoms in total. The molecule has 0 saturated carbocycles. The van der Waals surface area contributed by atoms with Gasteiger partial charge in [0.15, 0.2) is 5.82 Å². The smallest absolute Gasteiger partial charge is 0.259 e. The van der Waals surface area contributed by atoms with Gasteiger partial charge in [0, 0.05) is 21.4 Å². The molecule has 2 rings (SSSR count). The van der Waals surface area contributed by atoms with E-state index in [1.54, 1.807) is 0 Å². The number of nitrogens with zero attached hydrogens (tertiary/aromatic N) is 2. The van der Waals surface area contributed by atoms with Gasteiger partial charge in [0.2, 0.25) is 0 Å². The zero-order valence-corrected chi connectivity index (χ0v) is 12.3. The summed E-state index contributed by atoms with van der Waals surface area (Å²) in [5.41, 5.74) is 6.56. The monoisotopic (exact) mass is 359 g/mol. The van der Waals surface area contributed by atoms with Gasteiger partial charge in [-0.2, -0.15) is 4.98 Å². The SMILES string of the molecule is CC(N)Cc1noc(-c2ccc(Br)cc2Br)n1. The highest BCUT2D eigenvalue weighted by Crippen LogP contribution is 2.29. The van der Waals surface area contributed by atoms with Crippen molar-refractivity contribution in [3.05, 3.63) is 33.0 Å². The number of aromatic nitrogens is 2. The Labute approximate surface area is 116 Å². The second-order valence-corrected chi connectivity index (χ2v) is 5.59. The molecule has 1 aromatic carbocycles. The van der Waals surface area contributed by atoms with E-state index in [1.807, 2.05) is 25.1 Å². The summed E-state index contributed by atoms with van der Waals surface area (Å²) in [4.78, 5) is 4.31. The fraction of sp³-hybridized carbons (Fsp3) is 0.273. The third kappa shape index (κ3) is 3.14. The highest BCUT2D eigenvalue weighted by Gasteiger charge is 2.12. The van der Waals surface area contributed by atoms with Gasteiger partial charge in [0.1, 0.15) is 0 Å². The molecule has 0 aliphatic rings. The van der Waals surface area contributed by atoms with E-state index in [0.29, 0.717) is 18.1 Å². The topological polar surface area (TPSA) is 64.9 Å². The number of rotatable bonds is 3. The maximum absolute atomic E-state index is 5.69. The van der Waals surface area contributed by atoms with Gasteiger partial charge in [-0.1, -0.05) is 21.1 Å². The van der Waals surface area contributed by atoms with Gasteiger partial charge in [-0.25, -0.2) is 0 Å². The van der Waals surface area contributed by atoms with Gasteiger partial charge in [-0.05, 0) is 41.1 Å². The van der Waals surface area contributed by atoms with Crippen LogP contribution in [0.3, 0.4) is 0 Å². The van der Waals surface area contributed by atoms with E-state index in [-0.39, 0.29) is 6.04 Å². The summed E-state index contributed by atoms with van der Waals surface area (Å²) in [5, 5.41) is 3.90. The first kappa shape index (κ1) is 12.7. The standard InChI is InChI=1S/C11H11Br2N3O/c1-6(14)4-10-15-11(17-16-10)8-3-2-7(12)5-9(8)13/h2-3,5-6H,4,14H2,1H3. The molecule has 17 heavy (non-hydrogen) atoms. The molecule has 1 atom stereocenters. The van der Waals surface area contributed by atoms with Crippen LogP contribution < -0.4 is 5.73 Å². The predicted octanol–water partition coefficient (Wildman–Crippen LogP) is 3.15. The Kier molecular flexibility index (Phi) is 3.96. The molecular formula is C11H11Br2N3O. The minimum Gasteiger partial charge on any atom is -0.334 e. The molecule has 0 aliphatic heterocycles. The van der Waals surface area contributed by atoms with Crippen molar-refractivity contribution in [1.29, 1.82) is 0 Å². The Morgan fingerprint density at radius 1 is 1.41 bits per heavy atom. The maximum atomic E-state index is 5.69. The summed E-state index contributed by atoms with van der Waals surface area (Å²) in [7, 11) is 0. The average molecular weight is 361 g/mol. The van der Waals surface area contributed by atoms with E-state index < -0.39 is 0 Å². The first-order valence-electron chi connectivity index (χ1n) is 5.10. The molecule has 1 aromatic heterocycles. The van der Waals surface area contributed by atoms with Crippen molar-refractivity contribution in [2.75, 3.05) is 0 Å². The van der Waals surface area contributed by atoms with E-state index in [2.05, 4.69) is 42.0 Å². The lowest BCUT2D eigenvalue weighted by Gasteiger charge is -1.99. The number of halogens is 2. The largest absolute Gasteiger partial charge is 0.334 e. The van der Waals surface area contributed by atoms with Crippen molar-refractivity contribution in [1.82, 2.24) is 10.1 Å². The van der Waals surface area contributed by atoms with E-state index in [4.69, 9.17) is 10.3 Å². The molecule has 0 saturated heterocycles. The van der Waals surface area contributed by atoms with Crippen LogP contribution in [-0.2, 0) is 6.42 Å². The van der Waals surface area contributed by atoms with Crippen LogP contribution in [0.5, 0.6) is 0 Å². The Morgan fingerprint density at radius 2 is 2.18 bits per heavy atom. The van der Waals surface area contributed by atoms with Crippen LogP contribution >= 0.6 is 31.9 Å². The molecule has 90 valence electrons. The molecule has 0 radical (unpaired) electrons. The minimum atomic E-state index is 0.0220. The number of hydrogen-bond donors (Lipinski definition) is 1. The Morgan fingerprint density at radius 3 is 2.82 bits per heavy atom. The number of hydrogen-bond acceptors (Lipinski definition) is 4. The van der Waals surface area contributed by atoms with E-state index in [1.165, 1.54) is 0 Å². The van der Waals surface area contributed by atoms with Crippen LogP contribution in [0.2, 0.25) is 0 Å². The molecule has 1 unspecified atom stereocenters. The van der Waals surface area contributed by atoms with Gasteiger partial charge in [0.05, 0.1) is 5.56 Å². The summed E-state index contributed by atoms with van der Waals surface area (Å²) in [6, 6.07) is 5.80.